The van der Waals surface area contributed by atoms with Crippen LogP contribution >= 0.6 is 27.3 Å². The predicted molar refractivity (Wildman–Crippen MR) is 78.0 cm³/mol. The van der Waals surface area contributed by atoms with Crippen molar-refractivity contribution in [2.45, 2.75) is 19.8 Å². The monoisotopic (exact) mass is 310 g/mol. The van der Waals surface area contributed by atoms with Crippen molar-refractivity contribution in [3.05, 3.63) is 44.9 Å². The molecule has 0 aliphatic heterocycles. The van der Waals surface area contributed by atoms with E-state index in [1.807, 2.05) is 7.05 Å². The molecule has 1 aromatic carbocycles. The third-order valence-corrected chi connectivity index (χ3v) is 4.65. The van der Waals surface area contributed by atoms with Gasteiger partial charge in [0, 0.05) is 18.3 Å². The van der Waals surface area contributed by atoms with Crippen molar-refractivity contribution >= 4 is 32.4 Å². The fourth-order valence-corrected chi connectivity index (χ4v) is 3.15. The molecule has 17 heavy (non-hydrogen) atoms. The maximum atomic E-state index is 4.38. The lowest BCUT2D eigenvalue weighted by Crippen LogP contribution is -1.87. The Bertz CT molecular complexity index is 491. The van der Waals surface area contributed by atoms with Gasteiger partial charge in [0.25, 0.3) is 0 Å². The Labute approximate surface area is 114 Å². The number of thiazole rings is 1. The number of benzene rings is 1. The first-order valence-corrected chi connectivity index (χ1v) is 7.24. The Balaban J connectivity index is 2.16. The van der Waals surface area contributed by atoms with Crippen LogP contribution in [0.15, 0.2) is 28.9 Å². The first-order valence-electron chi connectivity index (χ1n) is 5.63. The van der Waals surface area contributed by atoms with Gasteiger partial charge in [0.2, 0.25) is 0 Å². The van der Waals surface area contributed by atoms with Crippen LogP contribution in [0.25, 0.3) is 0 Å². The molecule has 1 N–H and O–H groups in total. The van der Waals surface area contributed by atoms with Gasteiger partial charge in [-0.15, -0.1) is 11.3 Å². The fraction of sp³-hybridized carbons (Fsp3) is 0.308. The highest BCUT2D eigenvalue weighted by molar-refractivity contribution is 9.10. The first kappa shape index (κ1) is 12.6. The average Bonchev–Trinajstić information content (AvgIpc) is 2.71. The maximum Gasteiger partial charge on any atom is 0.183 e. The fourth-order valence-electron chi connectivity index (χ4n) is 1.63. The van der Waals surface area contributed by atoms with Gasteiger partial charge in [-0.05, 0) is 33.5 Å². The van der Waals surface area contributed by atoms with Crippen LogP contribution in [0.1, 0.15) is 22.9 Å². The van der Waals surface area contributed by atoms with Crippen molar-refractivity contribution in [2.24, 2.45) is 0 Å². The minimum Gasteiger partial charge on any atom is -0.365 e. The molecule has 0 fully saturated rings. The van der Waals surface area contributed by atoms with Crippen molar-refractivity contribution < 1.29 is 0 Å². The summed E-state index contributed by atoms with van der Waals surface area (Å²) in [6, 6.07) is 8.79. The molecule has 0 aliphatic rings. The minimum atomic E-state index is 0.934. The van der Waals surface area contributed by atoms with Gasteiger partial charge in [0.05, 0.1) is 0 Å². The molecule has 2 rings (SSSR count). The van der Waals surface area contributed by atoms with E-state index in [2.05, 4.69) is 57.4 Å². The zero-order valence-corrected chi connectivity index (χ0v) is 12.4. The van der Waals surface area contributed by atoms with Crippen molar-refractivity contribution in [1.29, 1.82) is 0 Å². The molecule has 0 unspecified atom stereocenters. The summed E-state index contributed by atoms with van der Waals surface area (Å²) in [6.45, 7) is 2.17. The van der Waals surface area contributed by atoms with Gasteiger partial charge in [-0.3, -0.25) is 0 Å². The van der Waals surface area contributed by atoms with Crippen LogP contribution in [0, 0.1) is 0 Å². The van der Waals surface area contributed by atoms with Gasteiger partial charge in [0.15, 0.2) is 5.13 Å². The zero-order valence-electron chi connectivity index (χ0n) is 9.96. The molecule has 1 heterocycles. The molecule has 0 bridgehead atoms. The lowest BCUT2D eigenvalue weighted by atomic mass is 10.1. The van der Waals surface area contributed by atoms with Crippen LogP contribution in [0.2, 0.25) is 0 Å². The van der Waals surface area contributed by atoms with Crippen molar-refractivity contribution in [3.8, 4) is 0 Å². The highest BCUT2D eigenvalue weighted by Gasteiger charge is 2.08. The topological polar surface area (TPSA) is 24.9 Å². The van der Waals surface area contributed by atoms with E-state index in [9.17, 15) is 0 Å². The van der Waals surface area contributed by atoms with Gasteiger partial charge in [-0.2, -0.15) is 0 Å². The molecule has 4 heteroatoms. The number of hydrogen-bond donors (Lipinski definition) is 1. The molecule has 0 aliphatic carbocycles. The lowest BCUT2D eigenvalue weighted by Gasteiger charge is -2.01. The van der Waals surface area contributed by atoms with E-state index in [0.717, 1.165) is 22.6 Å². The molecule has 0 saturated carbocycles. The Kier molecular flexibility index (Phi) is 4.18. The number of aromatic nitrogens is 1. The first-order chi connectivity index (χ1) is 8.22. The Morgan fingerprint density at radius 1 is 1.24 bits per heavy atom. The highest BCUT2D eigenvalue weighted by atomic mass is 79.9. The van der Waals surface area contributed by atoms with Crippen LogP contribution in [-0.4, -0.2) is 12.0 Å². The van der Waals surface area contributed by atoms with E-state index in [-0.39, 0.29) is 0 Å². The second-order valence-electron chi connectivity index (χ2n) is 3.83. The van der Waals surface area contributed by atoms with Gasteiger partial charge in [0.1, 0.15) is 4.60 Å². The molecule has 0 atom stereocenters. The summed E-state index contributed by atoms with van der Waals surface area (Å²) in [5.74, 6) is 0. The van der Waals surface area contributed by atoms with Gasteiger partial charge < -0.3 is 5.32 Å². The summed E-state index contributed by atoms with van der Waals surface area (Å²) in [5.41, 5.74) is 2.71. The van der Waals surface area contributed by atoms with Crippen molar-refractivity contribution in [3.63, 3.8) is 0 Å². The number of rotatable bonds is 4. The van der Waals surface area contributed by atoms with Crippen LogP contribution < -0.4 is 5.32 Å². The Morgan fingerprint density at radius 2 is 1.88 bits per heavy atom. The molecule has 0 spiro atoms. The van der Waals surface area contributed by atoms with Crippen molar-refractivity contribution in [1.82, 2.24) is 4.98 Å². The molecule has 0 saturated heterocycles. The highest BCUT2D eigenvalue weighted by Crippen LogP contribution is 2.29. The molecule has 1 aromatic heterocycles. The number of nitrogens with one attached hydrogen (secondary N) is 1. The van der Waals surface area contributed by atoms with Crippen LogP contribution in [0.4, 0.5) is 5.13 Å². The minimum absolute atomic E-state index is 0.934. The van der Waals surface area contributed by atoms with E-state index in [1.165, 1.54) is 16.0 Å². The third-order valence-electron chi connectivity index (χ3n) is 2.66. The second kappa shape index (κ2) is 5.65. The number of aryl methyl sites for hydroxylation is 1. The molecule has 0 radical (unpaired) electrons. The number of nitrogens with zero attached hydrogens (tertiary/aromatic N) is 1. The van der Waals surface area contributed by atoms with E-state index in [4.69, 9.17) is 0 Å². The maximum absolute atomic E-state index is 4.38. The van der Waals surface area contributed by atoms with Crippen LogP contribution in [-0.2, 0) is 12.8 Å². The molecule has 0 amide bonds. The molecule has 2 nitrogen and oxygen atoms in total. The summed E-state index contributed by atoms with van der Waals surface area (Å²) in [6.07, 6.45) is 2.03. The van der Waals surface area contributed by atoms with E-state index in [0.29, 0.717) is 0 Å². The van der Waals surface area contributed by atoms with E-state index in [1.54, 1.807) is 11.3 Å². The number of hydrogen-bond acceptors (Lipinski definition) is 3. The zero-order chi connectivity index (χ0) is 12.3. The Morgan fingerprint density at radius 3 is 2.41 bits per heavy atom. The number of halogens is 1. The van der Waals surface area contributed by atoms with Gasteiger partial charge in [-0.1, -0.05) is 31.2 Å². The quantitative estimate of drug-likeness (QED) is 0.919. The van der Waals surface area contributed by atoms with E-state index >= 15 is 0 Å². The van der Waals surface area contributed by atoms with Gasteiger partial charge in [-0.25, -0.2) is 4.98 Å². The van der Waals surface area contributed by atoms with Gasteiger partial charge >= 0.3 is 0 Å². The summed E-state index contributed by atoms with van der Waals surface area (Å²) in [5, 5.41) is 4.03. The smallest absolute Gasteiger partial charge is 0.183 e. The van der Waals surface area contributed by atoms with Crippen LogP contribution in [0.3, 0.4) is 0 Å². The van der Waals surface area contributed by atoms with Crippen LogP contribution in [0.5, 0.6) is 0 Å². The molecular weight excluding hydrogens is 296 g/mol. The average molecular weight is 311 g/mol. The lowest BCUT2D eigenvalue weighted by molar-refractivity contribution is 1.12. The summed E-state index contributed by atoms with van der Waals surface area (Å²) in [4.78, 5) is 5.65. The normalized spacial score (nSPS) is 10.5. The summed E-state index contributed by atoms with van der Waals surface area (Å²) < 4.78 is 0.950. The SMILES string of the molecule is CCc1ccc(Cc2sc(NC)nc2Br)cc1. The number of anilines is 1. The predicted octanol–water partition coefficient (Wildman–Crippen LogP) is 4.10. The molecule has 90 valence electrons. The molecular formula is C13H15BrN2S. The second-order valence-corrected chi connectivity index (χ2v) is 5.66. The summed E-state index contributed by atoms with van der Waals surface area (Å²) >= 11 is 5.20. The standard InChI is InChI=1S/C13H15BrN2S/c1-3-9-4-6-10(7-5-9)8-11-12(14)16-13(15-2)17-11/h4-7H,3,8H2,1-2H3,(H,15,16). The Hall–Kier alpha value is -0.870. The van der Waals surface area contributed by atoms with E-state index < -0.39 is 0 Å². The largest absolute Gasteiger partial charge is 0.365 e. The third kappa shape index (κ3) is 3.07. The summed E-state index contributed by atoms with van der Waals surface area (Å²) in [7, 11) is 1.89. The van der Waals surface area contributed by atoms with Crippen molar-refractivity contribution in [2.75, 3.05) is 12.4 Å². The molecule has 2 aromatic rings.